The van der Waals surface area contributed by atoms with Crippen LogP contribution in [0.5, 0.6) is 0 Å². The molecule has 0 N–H and O–H groups in total. The molecule has 2 aliphatic rings. The molecule has 17 heavy (non-hydrogen) atoms. The third-order valence-corrected chi connectivity index (χ3v) is 3.68. The molecule has 0 unspecified atom stereocenters. The zero-order chi connectivity index (χ0) is 12.4. The molecule has 0 bridgehead atoms. The number of hydrogen-bond donors (Lipinski definition) is 0. The summed E-state index contributed by atoms with van der Waals surface area (Å²) in [5, 5.41) is 0. The highest BCUT2D eigenvalue weighted by Gasteiger charge is 2.36. The maximum atomic E-state index is 11.6. The molecule has 0 spiro atoms. The van der Waals surface area contributed by atoms with Crippen LogP contribution < -0.4 is 0 Å². The number of esters is 1. The standard InChI is InChI=1S/C15H20O2/c1-10-5-4-6-11(2)9-14-13(8-7-10)12(3)15(16)17-14/h5,9,13-14H,3-4,6-8H2,1-2H3/b10-5-,11-9-/t13-,14-/m1/s1. The molecule has 0 aromatic carbocycles. The van der Waals surface area contributed by atoms with E-state index in [9.17, 15) is 4.79 Å². The lowest BCUT2D eigenvalue weighted by atomic mass is 9.88. The minimum atomic E-state index is -0.218. The lowest BCUT2D eigenvalue weighted by Crippen LogP contribution is -2.15. The highest BCUT2D eigenvalue weighted by atomic mass is 16.5. The van der Waals surface area contributed by atoms with Gasteiger partial charge >= 0.3 is 5.97 Å². The van der Waals surface area contributed by atoms with Crippen LogP contribution in [-0.2, 0) is 9.53 Å². The van der Waals surface area contributed by atoms with Crippen molar-refractivity contribution < 1.29 is 9.53 Å². The highest BCUT2D eigenvalue weighted by molar-refractivity contribution is 5.91. The minimum absolute atomic E-state index is 0.0825. The molecule has 0 saturated carbocycles. The molecule has 1 aliphatic heterocycles. The third kappa shape index (κ3) is 2.68. The van der Waals surface area contributed by atoms with Gasteiger partial charge in [0, 0.05) is 11.5 Å². The van der Waals surface area contributed by atoms with Gasteiger partial charge in [0.05, 0.1) is 0 Å². The molecule has 0 aromatic rings. The van der Waals surface area contributed by atoms with E-state index in [4.69, 9.17) is 4.74 Å². The lowest BCUT2D eigenvalue weighted by molar-refractivity contribution is -0.137. The van der Waals surface area contributed by atoms with Gasteiger partial charge in [0.15, 0.2) is 0 Å². The second kappa shape index (κ2) is 4.91. The molecule has 92 valence electrons. The number of hydrogen-bond acceptors (Lipinski definition) is 2. The van der Waals surface area contributed by atoms with Gasteiger partial charge in [0.25, 0.3) is 0 Å². The van der Waals surface area contributed by atoms with E-state index in [1.165, 1.54) is 11.1 Å². The van der Waals surface area contributed by atoms with Crippen LogP contribution in [-0.4, -0.2) is 12.1 Å². The van der Waals surface area contributed by atoms with Crippen LogP contribution in [0.25, 0.3) is 0 Å². The van der Waals surface area contributed by atoms with Crippen molar-refractivity contribution in [2.75, 3.05) is 0 Å². The Morgan fingerprint density at radius 3 is 2.82 bits per heavy atom. The number of rotatable bonds is 0. The second-order valence-electron chi connectivity index (χ2n) is 5.14. The van der Waals surface area contributed by atoms with Crippen LogP contribution >= 0.6 is 0 Å². The van der Waals surface area contributed by atoms with E-state index in [2.05, 4.69) is 32.6 Å². The average Bonchev–Trinajstić information content (AvgIpc) is 2.52. The Morgan fingerprint density at radius 1 is 1.29 bits per heavy atom. The van der Waals surface area contributed by atoms with Crippen molar-refractivity contribution >= 4 is 5.97 Å². The molecule has 2 heteroatoms. The monoisotopic (exact) mass is 232 g/mol. The van der Waals surface area contributed by atoms with E-state index in [0.717, 1.165) is 25.7 Å². The van der Waals surface area contributed by atoms with Crippen molar-refractivity contribution in [3.05, 3.63) is 35.5 Å². The van der Waals surface area contributed by atoms with Gasteiger partial charge in [-0.15, -0.1) is 0 Å². The molecule has 0 radical (unpaired) electrons. The average molecular weight is 232 g/mol. The summed E-state index contributed by atoms with van der Waals surface area (Å²) in [5.74, 6) is -0.0520. The highest BCUT2D eigenvalue weighted by Crippen LogP contribution is 2.33. The number of ether oxygens (including phenoxy) is 1. The Kier molecular flexibility index (Phi) is 3.51. The fourth-order valence-corrected chi connectivity index (χ4v) is 2.51. The summed E-state index contributed by atoms with van der Waals surface area (Å²) in [6.07, 6.45) is 8.45. The minimum Gasteiger partial charge on any atom is -0.454 e. The number of carbonyl (C=O) groups excluding carboxylic acids is 1. The first-order valence-corrected chi connectivity index (χ1v) is 6.30. The first-order chi connectivity index (χ1) is 8.08. The summed E-state index contributed by atoms with van der Waals surface area (Å²) in [5.41, 5.74) is 3.35. The van der Waals surface area contributed by atoms with Crippen LogP contribution in [0, 0.1) is 5.92 Å². The van der Waals surface area contributed by atoms with Crippen LogP contribution in [0.3, 0.4) is 0 Å². The van der Waals surface area contributed by atoms with Gasteiger partial charge in [-0.2, -0.15) is 0 Å². The van der Waals surface area contributed by atoms with Crippen molar-refractivity contribution in [3.8, 4) is 0 Å². The number of allylic oxidation sites excluding steroid dienone is 3. The molecular formula is C15H20O2. The van der Waals surface area contributed by atoms with E-state index < -0.39 is 0 Å². The van der Waals surface area contributed by atoms with Crippen molar-refractivity contribution in [1.82, 2.24) is 0 Å². The first-order valence-electron chi connectivity index (χ1n) is 6.30. The molecule has 0 amide bonds. The Morgan fingerprint density at radius 2 is 2.06 bits per heavy atom. The summed E-state index contributed by atoms with van der Waals surface area (Å²) < 4.78 is 5.38. The van der Waals surface area contributed by atoms with Crippen LogP contribution in [0.2, 0.25) is 0 Å². The second-order valence-corrected chi connectivity index (χ2v) is 5.14. The van der Waals surface area contributed by atoms with Gasteiger partial charge in [0.2, 0.25) is 0 Å². The summed E-state index contributed by atoms with van der Waals surface area (Å²) in [6.45, 7) is 8.14. The quantitative estimate of drug-likeness (QED) is 0.363. The van der Waals surface area contributed by atoms with E-state index >= 15 is 0 Å². The van der Waals surface area contributed by atoms with Crippen molar-refractivity contribution in [3.63, 3.8) is 0 Å². The van der Waals surface area contributed by atoms with Gasteiger partial charge in [-0.05, 0) is 45.6 Å². The Hall–Kier alpha value is -1.31. The largest absolute Gasteiger partial charge is 0.454 e. The van der Waals surface area contributed by atoms with Gasteiger partial charge in [0.1, 0.15) is 6.10 Å². The normalized spacial score (nSPS) is 36.4. The maximum absolute atomic E-state index is 11.6. The number of fused-ring (bicyclic) bond motifs is 1. The fraction of sp³-hybridized carbons (Fsp3) is 0.533. The van der Waals surface area contributed by atoms with Crippen molar-refractivity contribution in [1.29, 1.82) is 0 Å². The van der Waals surface area contributed by atoms with Gasteiger partial charge < -0.3 is 4.74 Å². The lowest BCUT2D eigenvalue weighted by Gasteiger charge is -2.17. The zero-order valence-corrected chi connectivity index (χ0v) is 10.7. The molecule has 2 rings (SSSR count). The molecule has 2 nitrogen and oxygen atoms in total. The third-order valence-electron chi connectivity index (χ3n) is 3.68. The molecule has 1 heterocycles. The SMILES string of the molecule is C=C1C(=O)O[C@@H]2/C=C(/C)CC/C=C(/C)CC[C@H]12. The predicted octanol–water partition coefficient (Wildman–Crippen LogP) is 3.55. The molecular weight excluding hydrogens is 212 g/mol. The Labute approximate surface area is 103 Å². The predicted molar refractivity (Wildman–Crippen MR) is 68.5 cm³/mol. The molecule has 0 aromatic heterocycles. The molecule has 2 atom stereocenters. The Balaban J connectivity index is 2.24. The molecule has 1 fully saturated rings. The summed E-state index contributed by atoms with van der Waals surface area (Å²) in [4.78, 5) is 11.6. The first kappa shape index (κ1) is 12.2. The molecule has 1 aliphatic carbocycles. The van der Waals surface area contributed by atoms with E-state index in [0.29, 0.717) is 5.57 Å². The zero-order valence-electron chi connectivity index (χ0n) is 10.7. The molecule has 1 saturated heterocycles. The topological polar surface area (TPSA) is 26.3 Å². The summed E-state index contributed by atoms with van der Waals surface area (Å²) in [6, 6.07) is 0. The summed E-state index contributed by atoms with van der Waals surface area (Å²) >= 11 is 0. The van der Waals surface area contributed by atoms with Crippen LogP contribution in [0.1, 0.15) is 39.5 Å². The fourth-order valence-electron chi connectivity index (χ4n) is 2.51. The van der Waals surface area contributed by atoms with Crippen molar-refractivity contribution in [2.45, 2.75) is 45.6 Å². The summed E-state index contributed by atoms with van der Waals surface area (Å²) in [7, 11) is 0. The van der Waals surface area contributed by atoms with Crippen LogP contribution in [0.4, 0.5) is 0 Å². The van der Waals surface area contributed by atoms with E-state index in [-0.39, 0.29) is 18.0 Å². The van der Waals surface area contributed by atoms with Crippen molar-refractivity contribution in [2.24, 2.45) is 5.92 Å². The van der Waals surface area contributed by atoms with E-state index in [1.807, 2.05) is 0 Å². The van der Waals surface area contributed by atoms with E-state index in [1.54, 1.807) is 0 Å². The van der Waals surface area contributed by atoms with Gasteiger partial charge in [-0.1, -0.05) is 23.8 Å². The smallest absolute Gasteiger partial charge is 0.334 e. The van der Waals surface area contributed by atoms with Gasteiger partial charge in [-0.25, -0.2) is 4.79 Å². The maximum Gasteiger partial charge on any atom is 0.334 e. The van der Waals surface area contributed by atoms with Gasteiger partial charge in [-0.3, -0.25) is 0 Å². The number of carbonyl (C=O) groups is 1. The Bertz CT molecular complexity index is 401. The van der Waals surface area contributed by atoms with Crippen LogP contribution in [0.15, 0.2) is 35.5 Å².